The number of aryl methyl sites for hydroxylation is 1. The van der Waals surface area contributed by atoms with Crippen molar-refractivity contribution in [3.63, 3.8) is 0 Å². The van der Waals surface area contributed by atoms with Gasteiger partial charge in [-0.2, -0.15) is 0 Å². The molecule has 0 fully saturated rings. The highest BCUT2D eigenvalue weighted by Crippen LogP contribution is 2.17. The Hall–Kier alpha value is -0.900. The van der Waals surface area contributed by atoms with Crippen LogP contribution in [0.2, 0.25) is 0 Å². The standard InChI is InChI=1S/C18H33N3/c1-6-21(14-7-13-20(4)5)15-12-18(19-3)17-10-8-16(2)9-11-17/h8-11,18-19H,6-7,12-15H2,1-5H3. The van der Waals surface area contributed by atoms with Crippen molar-refractivity contribution in [2.45, 2.75) is 32.7 Å². The van der Waals surface area contributed by atoms with Crippen molar-refractivity contribution >= 4 is 0 Å². The van der Waals surface area contributed by atoms with Crippen LogP contribution in [0, 0.1) is 6.92 Å². The number of hydrogen-bond donors (Lipinski definition) is 1. The van der Waals surface area contributed by atoms with Crippen molar-refractivity contribution in [3.05, 3.63) is 35.4 Å². The summed E-state index contributed by atoms with van der Waals surface area (Å²) < 4.78 is 0. The van der Waals surface area contributed by atoms with Gasteiger partial charge in [0.25, 0.3) is 0 Å². The molecule has 120 valence electrons. The molecule has 0 saturated carbocycles. The summed E-state index contributed by atoms with van der Waals surface area (Å²) in [4.78, 5) is 4.82. The minimum Gasteiger partial charge on any atom is -0.313 e. The van der Waals surface area contributed by atoms with E-state index in [0.717, 1.165) is 19.5 Å². The van der Waals surface area contributed by atoms with E-state index >= 15 is 0 Å². The molecule has 0 spiro atoms. The summed E-state index contributed by atoms with van der Waals surface area (Å²) in [5.41, 5.74) is 2.72. The molecule has 1 N–H and O–H groups in total. The molecule has 0 heterocycles. The maximum absolute atomic E-state index is 3.46. The monoisotopic (exact) mass is 291 g/mol. The fourth-order valence-electron chi connectivity index (χ4n) is 2.63. The summed E-state index contributed by atoms with van der Waals surface area (Å²) >= 11 is 0. The summed E-state index contributed by atoms with van der Waals surface area (Å²) in [6.07, 6.45) is 2.41. The van der Waals surface area contributed by atoms with Crippen LogP contribution < -0.4 is 5.32 Å². The van der Waals surface area contributed by atoms with E-state index in [1.807, 2.05) is 0 Å². The Kier molecular flexibility index (Phi) is 8.58. The molecule has 1 unspecified atom stereocenters. The molecule has 3 nitrogen and oxygen atoms in total. The van der Waals surface area contributed by atoms with Gasteiger partial charge in [0, 0.05) is 6.04 Å². The first-order chi connectivity index (χ1) is 10.1. The quantitative estimate of drug-likeness (QED) is 0.715. The van der Waals surface area contributed by atoms with E-state index in [2.05, 4.69) is 74.4 Å². The SMILES string of the molecule is CCN(CCCN(C)C)CCC(NC)c1ccc(C)cc1. The van der Waals surface area contributed by atoms with Crippen LogP contribution >= 0.6 is 0 Å². The third kappa shape index (κ3) is 7.07. The van der Waals surface area contributed by atoms with Gasteiger partial charge in [-0.1, -0.05) is 36.8 Å². The van der Waals surface area contributed by atoms with E-state index in [4.69, 9.17) is 0 Å². The molecule has 0 aliphatic heterocycles. The highest BCUT2D eigenvalue weighted by molar-refractivity contribution is 5.24. The van der Waals surface area contributed by atoms with Gasteiger partial charge in [0.1, 0.15) is 0 Å². The highest BCUT2D eigenvalue weighted by Gasteiger charge is 2.11. The average molecular weight is 291 g/mol. The van der Waals surface area contributed by atoms with E-state index < -0.39 is 0 Å². The van der Waals surface area contributed by atoms with Crippen LogP contribution in [0.3, 0.4) is 0 Å². The molecule has 1 rings (SSSR count). The van der Waals surface area contributed by atoms with Crippen LogP contribution in [0.1, 0.15) is 36.9 Å². The van der Waals surface area contributed by atoms with Gasteiger partial charge in [0.2, 0.25) is 0 Å². The zero-order valence-electron chi connectivity index (χ0n) is 14.5. The molecule has 1 aromatic carbocycles. The first-order valence-electron chi connectivity index (χ1n) is 8.17. The van der Waals surface area contributed by atoms with Crippen LogP contribution in [0.15, 0.2) is 24.3 Å². The number of hydrogen-bond acceptors (Lipinski definition) is 3. The van der Waals surface area contributed by atoms with E-state index in [0.29, 0.717) is 6.04 Å². The highest BCUT2D eigenvalue weighted by atomic mass is 15.1. The Bertz CT molecular complexity index is 373. The third-order valence-electron chi connectivity index (χ3n) is 4.09. The second kappa shape index (κ2) is 9.93. The summed E-state index contributed by atoms with van der Waals surface area (Å²) in [7, 11) is 6.35. The molecular formula is C18H33N3. The first-order valence-corrected chi connectivity index (χ1v) is 8.17. The lowest BCUT2D eigenvalue weighted by atomic mass is 10.0. The minimum atomic E-state index is 0.452. The Labute approximate surface area is 131 Å². The normalized spacial score (nSPS) is 13.1. The van der Waals surface area contributed by atoms with Gasteiger partial charge in [0.05, 0.1) is 0 Å². The van der Waals surface area contributed by atoms with E-state index in [1.165, 1.54) is 30.6 Å². The smallest absolute Gasteiger partial charge is 0.0329 e. The molecular weight excluding hydrogens is 258 g/mol. The minimum absolute atomic E-state index is 0.452. The Morgan fingerprint density at radius 1 is 1.05 bits per heavy atom. The zero-order chi connectivity index (χ0) is 15.7. The van der Waals surface area contributed by atoms with Crippen LogP contribution in [-0.4, -0.2) is 57.1 Å². The van der Waals surface area contributed by atoms with Crippen molar-refractivity contribution in [3.8, 4) is 0 Å². The van der Waals surface area contributed by atoms with Gasteiger partial charge in [-0.25, -0.2) is 0 Å². The van der Waals surface area contributed by atoms with Crippen LogP contribution in [0.25, 0.3) is 0 Å². The second-order valence-electron chi connectivity index (χ2n) is 6.13. The van der Waals surface area contributed by atoms with Crippen molar-refractivity contribution < 1.29 is 0 Å². The van der Waals surface area contributed by atoms with Crippen LogP contribution in [-0.2, 0) is 0 Å². The predicted octanol–water partition coefficient (Wildman–Crippen LogP) is 2.92. The van der Waals surface area contributed by atoms with Crippen molar-refractivity contribution in [2.75, 3.05) is 47.3 Å². The second-order valence-corrected chi connectivity index (χ2v) is 6.13. The molecule has 0 saturated heterocycles. The molecule has 0 aliphatic rings. The molecule has 1 aromatic rings. The lowest BCUT2D eigenvalue weighted by molar-refractivity contribution is 0.253. The fraction of sp³-hybridized carbons (Fsp3) is 0.667. The number of nitrogens with one attached hydrogen (secondary N) is 1. The number of nitrogens with zero attached hydrogens (tertiary/aromatic N) is 2. The Morgan fingerprint density at radius 2 is 1.71 bits per heavy atom. The molecule has 0 aromatic heterocycles. The first kappa shape index (κ1) is 18.1. The maximum atomic E-state index is 3.46. The largest absolute Gasteiger partial charge is 0.313 e. The summed E-state index contributed by atoms with van der Waals surface area (Å²) in [5.74, 6) is 0. The van der Waals surface area contributed by atoms with Gasteiger partial charge in [-0.15, -0.1) is 0 Å². The fourth-order valence-corrected chi connectivity index (χ4v) is 2.63. The lowest BCUT2D eigenvalue weighted by Gasteiger charge is -2.24. The van der Waals surface area contributed by atoms with E-state index in [1.54, 1.807) is 0 Å². The van der Waals surface area contributed by atoms with Gasteiger partial charge in [0.15, 0.2) is 0 Å². The van der Waals surface area contributed by atoms with Gasteiger partial charge < -0.3 is 15.1 Å². The van der Waals surface area contributed by atoms with Crippen molar-refractivity contribution in [1.82, 2.24) is 15.1 Å². The van der Waals surface area contributed by atoms with Crippen LogP contribution in [0.5, 0.6) is 0 Å². The van der Waals surface area contributed by atoms with Gasteiger partial charge in [-0.3, -0.25) is 0 Å². The Morgan fingerprint density at radius 3 is 2.24 bits per heavy atom. The molecule has 0 aliphatic carbocycles. The van der Waals surface area contributed by atoms with E-state index in [-0.39, 0.29) is 0 Å². The van der Waals surface area contributed by atoms with Crippen LogP contribution in [0.4, 0.5) is 0 Å². The van der Waals surface area contributed by atoms with Gasteiger partial charge >= 0.3 is 0 Å². The molecule has 1 atom stereocenters. The maximum Gasteiger partial charge on any atom is 0.0329 e. The molecule has 0 radical (unpaired) electrons. The molecule has 0 bridgehead atoms. The predicted molar refractivity (Wildman–Crippen MR) is 92.9 cm³/mol. The lowest BCUT2D eigenvalue weighted by Crippen LogP contribution is -2.30. The molecule has 21 heavy (non-hydrogen) atoms. The summed E-state index contributed by atoms with van der Waals surface area (Å²) in [6.45, 7) is 9.06. The van der Waals surface area contributed by atoms with E-state index in [9.17, 15) is 0 Å². The molecule has 3 heteroatoms. The average Bonchev–Trinajstić information content (AvgIpc) is 2.47. The summed E-state index contributed by atoms with van der Waals surface area (Å²) in [6, 6.07) is 9.36. The number of benzene rings is 1. The summed E-state index contributed by atoms with van der Waals surface area (Å²) in [5, 5.41) is 3.46. The third-order valence-corrected chi connectivity index (χ3v) is 4.09. The Balaban J connectivity index is 2.43. The zero-order valence-corrected chi connectivity index (χ0v) is 14.5. The van der Waals surface area contributed by atoms with Crippen molar-refractivity contribution in [1.29, 1.82) is 0 Å². The topological polar surface area (TPSA) is 18.5 Å². The molecule has 0 amide bonds. The van der Waals surface area contributed by atoms with Crippen molar-refractivity contribution in [2.24, 2.45) is 0 Å². The van der Waals surface area contributed by atoms with Gasteiger partial charge in [-0.05, 0) is 72.7 Å². The number of rotatable bonds is 10.